The summed E-state index contributed by atoms with van der Waals surface area (Å²) in [5.74, 6) is 0. The molecule has 0 spiro atoms. The predicted octanol–water partition coefficient (Wildman–Crippen LogP) is 11.7. The summed E-state index contributed by atoms with van der Waals surface area (Å²) in [4.78, 5) is 2.46. The average molecular weight is 568 g/mol. The van der Waals surface area contributed by atoms with Gasteiger partial charge in [0.15, 0.2) is 0 Å². The Morgan fingerprint density at radius 1 is 0.455 bits per heavy atom. The zero-order valence-corrected chi connectivity index (χ0v) is 25.6. The highest BCUT2D eigenvalue weighted by atomic mass is 15.1. The molecule has 0 heterocycles. The van der Waals surface area contributed by atoms with Crippen LogP contribution in [0.1, 0.15) is 48.9 Å². The van der Waals surface area contributed by atoms with Crippen LogP contribution in [0.5, 0.6) is 0 Å². The summed E-state index contributed by atoms with van der Waals surface area (Å²) in [6, 6.07) is 51.7. The van der Waals surface area contributed by atoms with E-state index in [1.165, 1.54) is 87.0 Å². The Morgan fingerprint density at radius 2 is 1.07 bits per heavy atom. The highest BCUT2D eigenvalue weighted by Gasteiger charge is 2.37. The van der Waals surface area contributed by atoms with Crippen LogP contribution in [0, 0.1) is 0 Å². The van der Waals surface area contributed by atoms with E-state index in [0.29, 0.717) is 0 Å². The van der Waals surface area contributed by atoms with E-state index in [1.807, 2.05) is 0 Å². The lowest BCUT2D eigenvalue weighted by molar-refractivity contribution is 0.660. The van der Waals surface area contributed by atoms with Crippen molar-refractivity contribution in [2.24, 2.45) is 0 Å². The number of anilines is 3. The Balaban J connectivity index is 1.37. The Labute approximate surface area is 261 Å². The first-order valence-corrected chi connectivity index (χ1v) is 16.0. The summed E-state index contributed by atoms with van der Waals surface area (Å²) in [6.07, 6.45) is 4.93. The van der Waals surface area contributed by atoms with Crippen molar-refractivity contribution in [2.75, 3.05) is 4.90 Å². The zero-order valence-electron chi connectivity index (χ0n) is 25.6. The minimum absolute atomic E-state index is 0.0887. The third-order valence-electron chi connectivity index (χ3n) is 9.85. The SMILES string of the molecule is CC1(C)c2ccccc2-c2cc(-c3ccc4c(c3)CCCC4)c(N(c3ccccc3)c3ccc(-c4ccccc4)cc3)cc21. The van der Waals surface area contributed by atoms with E-state index in [1.54, 1.807) is 0 Å². The summed E-state index contributed by atoms with van der Waals surface area (Å²) in [5.41, 5.74) is 17.0. The van der Waals surface area contributed by atoms with Gasteiger partial charge in [0.05, 0.1) is 5.69 Å². The second kappa shape index (κ2) is 10.7. The van der Waals surface area contributed by atoms with Gasteiger partial charge in [0.1, 0.15) is 0 Å². The van der Waals surface area contributed by atoms with Crippen molar-refractivity contribution in [3.8, 4) is 33.4 Å². The molecular formula is C43H37N. The van der Waals surface area contributed by atoms with Gasteiger partial charge in [-0.25, -0.2) is 0 Å². The molecule has 6 aromatic carbocycles. The van der Waals surface area contributed by atoms with Crippen molar-refractivity contribution in [3.05, 3.63) is 162 Å². The van der Waals surface area contributed by atoms with Crippen LogP contribution < -0.4 is 4.90 Å². The standard InChI is InChI=1S/C43H37N/c1-43(2)40-20-12-11-19-37(40)39-28-38(34-22-21-31-15-9-10-16-33(31)27-34)42(29-41(39)43)44(35-17-7-4-8-18-35)36-25-23-32(24-26-36)30-13-5-3-6-14-30/h3-8,11-14,17-29H,9-10,15-16H2,1-2H3. The van der Waals surface area contributed by atoms with Crippen molar-refractivity contribution in [1.82, 2.24) is 0 Å². The number of aryl methyl sites for hydroxylation is 2. The minimum atomic E-state index is -0.0887. The van der Waals surface area contributed by atoms with Crippen LogP contribution in [-0.4, -0.2) is 0 Å². The number of rotatable bonds is 5. The molecule has 0 atom stereocenters. The topological polar surface area (TPSA) is 3.24 Å². The molecule has 0 N–H and O–H groups in total. The summed E-state index contributed by atoms with van der Waals surface area (Å²) in [6.45, 7) is 4.75. The molecule has 1 heteroatoms. The second-order valence-corrected chi connectivity index (χ2v) is 12.9. The number of nitrogens with zero attached hydrogens (tertiary/aromatic N) is 1. The van der Waals surface area contributed by atoms with E-state index >= 15 is 0 Å². The lowest BCUT2D eigenvalue weighted by atomic mass is 9.81. The van der Waals surface area contributed by atoms with Crippen molar-refractivity contribution < 1.29 is 0 Å². The van der Waals surface area contributed by atoms with Crippen LogP contribution in [0.3, 0.4) is 0 Å². The van der Waals surface area contributed by atoms with Crippen LogP contribution in [-0.2, 0) is 18.3 Å². The van der Waals surface area contributed by atoms with Gasteiger partial charge in [-0.1, -0.05) is 117 Å². The van der Waals surface area contributed by atoms with E-state index in [4.69, 9.17) is 0 Å². The Bertz CT molecular complexity index is 1970. The summed E-state index contributed by atoms with van der Waals surface area (Å²) >= 11 is 0. The molecule has 214 valence electrons. The summed E-state index contributed by atoms with van der Waals surface area (Å²) < 4.78 is 0. The number of hydrogen-bond donors (Lipinski definition) is 0. The molecule has 44 heavy (non-hydrogen) atoms. The molecule has 0 radical (unpaired) electrons. The van der Waals surface area contributed by atoms with E-state index < -0.39 is 0 Å². The van der Waals surface area contributed by atoms with Crippen LogP contribution in [0.15, 0.2) is 140 Å². The smallest absolute Gasteiger partial charge is 0.0543 e. The first-order valence-electron chi connectivity index (χ1n) is 16.0. The van der Waals surface area contributed by atoms with Gasteiger partial charge in [0.2, 0.25) is 0 Å². The van der Waals surface area contributed by atoms with Crippen LogP contribution in [0.4, 0.5) is 17.1 Å². The quantitative estimate of drug-likeness (QED) is 0.200. The lowest BCUT2D eigenvalue weighted by Gasteiger charge is -2.31. The van der Waals surface area contributed by atoms with Gasteiger partial charge < -0.3 is 4.90 Å². The largest absolute Gasteiger partial charge is 0.310 e. The number of hydrogen-bond acceptors (Lipinski definition) is 1. The Morgan fingerprint density at radius 3 is 1.84 bits per heavy atom. The predicted molar refractivity (Wildman–Crippen MR) is 186 cm³/mol. The maximum atomic E-state index is 2.49. The van der Waals surface area contributed by atoms with Crippen molar-refractivity contribution in [1.29, 1.82) is 0 Å². The molecule has 0 saturated heterocycles. The molecule has 2 aliphatic rings. The number of fused-ring (bicyclic) bond motifs is 4. The van der Waals surface area contributed by atoms with Gasteiger partial charge in [-0.3, -0.25) is 0 Å². The highest BCUT2D eigenvalue weighted by Crippen LogP contribution is 2.53. The summed E-state index contributed by atoms with van der Waals surface area (Å²) in [7, 11) is 0. The van der Waals surface area contributed by atoms with Gasteiger partial charge in [-0.2, -0.15) is 0 Å². The first kappa shape index (κ1) is 26.7. The molecule has 8 rings (SSSR count). The van der Waals surface area contributed by atoms with Crippen molar-refractivity contribution in [3.63, 3.8) is 0 Å². The van der Waals surface area contributed by atoms with Gasteiger partial charge in [-0.05, 0) is 112 Å². The number of para-hydroxylation sites is 1. The summed E-state index contributed by atoms with van der Waals surface area (Å²) in [5, 5.41) is 0. The Kier molecular flexibility index (Phi) is 6.49. The van der Waals surface area contributed by atoms with E-state index in [9.17, 15) is 0 Å². The average Bonchev–Trinajstić information content (AvgIpc) is 3.31. The van der Waals surface area contributed by atoms with Gasteiger partial charge in [-0.15, -0.1) is 0 Å². The fourth-order valence-electron chi connectivity index (χ4n) is 7.49. The van der Waals surface area contributed by atoms with Crippen molar-refractivity contribution in [2.45, 2.75) is 44.9 Å². The van der Waals surface area contributed by atoms with Gasteiger partial charge in [0.25, 0.3) is 0 Å². The molecule has 0 unspecified atom stereocenters. The highest BCUT2D eigenvalue weighted by molar-refractivity contribution is 5.95. The van der Waals surface area contributed by atoms with E-state index in [0.717, 1.165) is 11.4 Å². The molecule has 0 amide bonds. The maximum Gasteiger partial charge on any atom is 0.0543 e. The molecule has 0 aromatic heterocycles. The minimum Gasteiger partial charge on any atom is -0.310 e. The molecule has 1 nitrogen and oxygen atoms in total. The van der Waals surface area contributed by atoms with Gasteiger partial charge >= 0.3 is 0 Å². The third-order valence-corrected chi connectivity index (χ3v) is 9.85. The Hall–Kier alpha value is -4.88. The lowest BCUT2D eigenvalue weighted by Crippen LogP contribution is -2.17. The molecule has 2 aliphatic carbocycles. The van der Waals surface area contributed by atoms with E-state index in [2.05, 4.69) is 158 Å². The van der Waals surface area contributed by atoms with Gasteiger partial charge in [0, 0.05) is 22.4 Å². The molecule has 0 saturated carbocycles. The normalized spacial score (nSPS) is 14.4. The number of benzene rings is 6. The monoisotopic (exact) mass is 567 g/mol. The molecule has 6 aromatic rings. The fraction of sp³-hybridized carbons (Fsp3) is 0.163. The first-order chi connectivity index (χ1) is 21.6. The fourth-order valence-corrected chi connectivity index (χ4v) is 7.49. The zero-order chi connectivity index (χ0) is 29.7. The van der Waals surface area contributed by atoms with Crippen LogP contribution in [0.25, 0.3) is 33.4 Å². The van der Waals surface area contributed by atoms with Crippen LogP contribution >= 0.6 is 0 Å². The second-order valence-electron chi connectivity index (χ2n) is 12.9. The van der Waals surface area contributed by atoms with Crippen LogP contribution in [0.2, 0.25) is 0 Å². The molecule has 0 fully saturated rings. The van der Waals surface area contributed by atoms with Crippen molar-refractivity contribution >= 4 is 17.1 Å². The maximum absolute atomic E-state index is 2.49. The van der Waals surface area contributed by atoms with E-state index in [-0.39, 0.29) is 5.41 Å². The molecule has 0 bridgehead atoms. The molecule has 0 aliphatic heterocycles. The third kappa shape index (κ3) is 4.47. The molecular weight excluding hydrogens is 530 g/mol.